The van der Waals surface area contributed by atoms with Crippen molar-refractivity contribution in [2.24, 2.45) is 0 Å². The first-order valence-electron chi connectivity index (χ1n) is 7.19. The first kappa shape index (κ1) is 16.2. The van der Waals surface area contributed by atoms with Crippen LogP contribution in [0, 0.1) is 0 Å². The minimum Gasteiger partial charge on any atom is -0.501 e. The van der Waals surface area contributed by atoms with Gasteiger partial charge in [0.1, 0.15) is 0 Å². The van der Waals surface area contributed by atoms with Crippen molar-refractivity contribution in [1.29, 1.82) is 0 Å². The van der Waals surface area contributed by atoms with E-state index < -0.39 is 0 Å². The number of hydrogen-bond donors (Lipinski definition) is 0. The van der Waals surface area contributed by atoms with Crippen molar-refractivity contribution in [3.8, 4) is 11.5 Å². The third kappa shape index (κ3) is 4.39. The molecule has 22 heavy (non-hydrogen) atoms. The largest absolute Gasteiger partial charge is 0.501 e. The molecule has 0 radical (unpaired) electrons. The maximum absolute atomic E-state index is 12.2. The van der Waals surface area contributed by atoms with E-state index in [2.05, 4.69) is 0 Å². The number of carbonyl (C=O) groups excluding carboxylic acids is 1. The van der Waals surface area contributed by atoms with Gasteiger partial charge in [-0.1, -0.05) is 6.07 Å². The number of methoxy groups -OCH3 is 1. The molecule has 0 bridgehead atoms. The van der Waals surface area contributed by atoms with Gasteiger partial charge in [0, 0.05) is 26.3 Å². The molecule has 1 heterocycles. The Morgan fingerprint density at radius 3 is 2.95 bits per heavy atom. The highest BCUT2D eigenvalue weighted by atomic mass is 16.7. The van der Waals surface area contributed by atoms with E-state index in [0.717, 1.165) is 11.3 Å². The summed E-state index contributed by atoms with van der Waals surface area (Å²) in [7, 11) is 1.61. The van der Waals surface area contributed by atoms with Gasteiger partial charge < -0.3 is 23.8 Å². The van der Waals surface area contributed by atoms with Crippen molar-refractivity contribution >= 4 is 5.91 Å². The number of amides is 1. The third-order valence-electron chi connectivity index (χ3n) is 3.16. The molecule has 0 N–H and O–H groups in total. The Balaban J connectivity index is 2.03. The molecule has 1 aromatic rings. The first-order valence-corrected chi connectivity index (χ1v) is 7.19. The van der Waals surface area contributed by atoms with E-state index in [4.69, 9.17) is 18.9 Å². The maximum atomic E-state index is 12.2. The summed E-state index contributed by atoms with van der Waals surface area (Å²) in [6.07, 6.45) is 2.84. The van der Waals surface area contributed by atoms with E-state index in [-0.39, 0.29) is 12.7 Å². The van der Waals surface area contributed by atoms with Crippen LogP contribution in [0.15, 0.2) is 30.5 Å². The van der Waals surface area contributed by atoms with E-state index in [0.29, 0.717) is 32.1 Å². The molecule has 2 rings (SSSR count). The molecule has 1 aliphatic rings. The fourth-order valence-electron chi connectivity index (χ4n) is 2.04. The molecule has 0 saturated heterocycles. The quantitative estimate of drug-likeness (QED) is 0.542. The second-order valence-corrected chi connectivity index (χ2v) is 4.70. The Labute approximate surface area is 130 Å². The van der Waals surface area contributed by atoms with Gasteiger partial charge in [0.25, 0.3) is 0 Å². The highest BCUT2D eigenvalue weighted by Gasteiger charge is 2.16. The van der Waals surface area contributed by atoms with Crippen LogP contribution >= 0.6 is 0 Å². The molecule has 120 valence electrons. The lowest BCUT2D eigenvalue weighted by Crippen LogP contribution is -2.32. The van der Waals surface area contributed by atoms with E-state index in [1.54, 1.807) is 12.0 Å². The molecule has 0 aliphatic carbocycles. The normalized spacial score (nSPS) is 12.6. The predicted molar refractivity (Wildman–Crippen MR) is 80.6 cm³/mol. The summed E-state index contributed by atoms with van der Waals surface area (Å²) in [5.74, 6) is 1.32. The van der Waals surface area contributed by atoms with Crippen LogP contribution in [0.25, 0.3) is 0 Å². The minimum absolute atomic E-state index is 0.122. The highest BCUT2D eigenvalue weighted by Crippen LogP contribution is 2.32. The standard InChI is InChI=1S/C16H21NO5/c1-3-20-8-6-16(18)17(7-9-19-2)11-13-4-5-14-15(10-13)22-12-21-14/h4-6,8,10H,3,7,9,11-12H2,1-2H3. The molecule has 0 saturated carbocycles. The average molecular weight is 307 g/mol. The molecule has 6 heteroatoms. The van der Waals surface area contributed by atoms with Crippen molar-refractivity contribution in [2.45, 2.75) is 13.5 Å². The van der Waals surface area contributed by atoms with E-state index in [1.165, 1.54) is 12.3 Å². The van der Waals surface area contributed by atoms with Crippen molar-refractivity contribution in [3.05, 3.63) is 36.1 Å². The van der Waals surface area contributed by atoms with Crippen LogP contribution in [0.5, 0.6) is 11.5 Å². The zero-order valence-electron chi connectivity index (χ0n) is 12.9. The van der Waals surface area contributed by atoms with Gasteiger partial charge >= 0.3 is 0 Å². The van der Waals surface area contributed by atoms with Crippen LogP contribution in [0.2, 0.25) is 0 Å². The van der Waals surface area contributed by atoms with Crippen LogP contribution in [0.1, 0.15) is 12.5 Å². The molecule has 0 aromatic heterocycles. The molecule has 6 nitrogen and oxygen atoms in total. The Morgan fingerprint density at radius 2 is 2.18 bits per heavy atom. The molecule has 1 amide bonds. The summed E-state index contributed by atoms with van der Waals surface area (Å²) in [5, 5.41) is 0. The Bertz CT molecular complexity index is 529. The molecule has 0 unspecified atom stereocenters. The summed E-state index contributed by atoms with van der Waals surface area (Å²) in [6, 6.07) is 5.67. The van der Waals surface area contributed by atoms with Crippen LogP contribution in [0.3, 0.4) is 0 Å². The lowest BCUT2D eigenvalue weighted by molar-refractivity contribution is -0.127. The summed E-state index contributed by atoms with van der Waals surface area (Å²) in [5.41, 5.74) is 0.971. The van der Waals surface area contributed by atoms with Crippen LogP contribution in [-0.4, -0.2) is 44.5 Å². The number of rotatable bonds is 8. The average Bonchev–Trinajstić information content (AvgIpc) is 2.99. The van der Waals surface area contributed by atoms with Gasteiger partial charge in [-0.15, -0.1) is 0 Å². The van der Waals surface area contributed by atoms with Crippen LogP contribution < -0.4 is 9.47 Å². The van der Waals surface area contributed by atoms with Gasteiger partial charge in [-0.3, -0.25) is 4.79 Å². The van der Waals surface area contributed by atoms with Crippen molar-refractivity contribution < 1.29 is 23.7 Å². The van der Waals surface area contributed by atoms with E-state index in [9.17, 15) is 4.79 Å². The number of nitrogens with zero attached hydrogens (tertiary/aromatic N) is 1. The number of ether oxygens (including phenoxy) is 4. The summed E-state index contributed by atoms with van der Waals surface area (Å²) in [6.45, 7) is 4.07. The number of hydrogen-bond acceptors (Lipinski definition) is 5. The third-order valence-corrected chi connectivity index (χ3v) is 3.16. The zero-order valence-corrected chi connectivity index (χ0v) is 12.9. The Morgan fingerprint density at radius 1 is 1.36 bits per heavy atom. The maximum Gasteiger partial charge on any atom is 0.250 e. The molecule has 0 atom stereocenters. The van der Waals surface area contributed by atoms with E-state index >= 15 is 0 Å². The highest BCUT2D eigenvalue weighted by molar-refractivity contribution is 5.87. The second-order valence-electron chi connectivity index (χ2n) is 4.70. The Hall–Kier alpha value is -2.21. The van der Waals surface area contributed by atoms with Gasteiger partial charge in [0.2, 0.25) is 12.7 Å². The first-order chi connectivity index (χ1) is 10.7. The number of fused-ring (bicyclic) bond motifs is 1. The molecule has 0 fully saturated rings. The summed E-state index contributed by atoms with van der Waals surface area (Å²) in [4.78, 5) is 13.9. The lowest BCUT2D eigenvalue weighted by Gasteiger charge is -2.21. The van der Waals surface area contributed by atoms with E-state index in [1.807, 2.05) is 25.1 Å². The number of carbonyl (C=O) groups is 1. The van der Waals surface area contributed by atoms with Crippen LogP contribution in [0.4, 0.5) is 0 Å². The summed E-state index contributed by atoms with van der Waals surface area (Å²) >= 11 is 0. The molecule has 1 aromatic carbocycles. The van der Waals surface area contributed by atoms with Gasteiger partial charge in [-0.05, 0) is 24.6 Å². The van der Waals surface area contributed by atoms with Crippen molar-refractivity contribution in [3.63, 3.8) is 0 Å². The molecular formula is C16H21NO5. The monoisotopic (exact) mass is 307 g/mol. The van der Waals surface area contributed by atoms with Gasteiger partial charge in [0.15, 0.2) is 11.5 Å². The predicted octanol–water partition coefficient (Wildman–Crippen LogP) is 1.94. The fraction of sp³-hybridized carbons (Fsp3) is 0.438. The number of benzene rings is 1. The molecular weight excluding hydrogens is 286 g/mol. The van der Waals surface area contributed by atoms with Crippen molar-refractivity contribution in [2.75, 3.05) is 33.7 Å². The van der Waals surface area contributed by atoms with Gasteiger partial charge in [-0.2, -0.15) is 0 Å². The van der Waals surface area contributed by atoms with Gasteiger partial charge in [0.05, 0.1) is 19.5 Å². The SMILES string of the molecule is CCOC=CC(=O)N(CCOC)Cc1ccc2c(c1)OCO2. The van der Waals surface area contributed by atoms with Crippen molar-refractivity contribution in [1.82, 2.24) is 4.90 Å². The van der Waals surface area contributed by atoms with Gasteiger partial charge in [-0.25, -0.2) is 0 Å². The smallest absolute Gasteiger partial charge is 0.250 e. The second kappa shape index (κ2) is 8.29. The fourth-order valence-corrected chi connectivity index (χ4v) is 2.04. The molecule has 0 spiro atoms. The zero-order chi connectivity index (χ0) is 15.8. The minimum atomic E-state index is -0.122. The topological polar surface area (TPSA) is 57.2 Å². The Kier molecular flexibility index (Phi) is 6.09. The summed E-state index contributed by atoms with van der Waals surface area (Å²) < 4.78 is 20.8. The van der Waals surface area contributed by atoms with Crippen LogP contribution in [-0.2, 0) is 20.8 Å². The molecule has 1 aliphatic heterocycles. The lowest BCUT2D eigenvalue weighted by atomic mass is 10.2.